The highest BCUT2D eigenvalue weighted by Gasteiger charge is 2.34. The Balaban J connectivity index is 1.78. The van der Waals surface area contributed by atoms with E-state index in [9.17, 15) is 4.79 Å². The molecule has 0 aromatic carbocycles. The Morgan fingerprint density at radius 3 is 2.40 bits per heavy atom. The molecule has 0 heterocycles. The van der Waals surface area contributed by atoms with Crippen molar-refractivity contribution in [3.63, 3.8) is 0 Å². The van der Waals surface area contributed by atoms with Crippen molar-refractivity contribution < 1.29 is 14.3 Å². The van der Waals surface area contributed by atoms with Gasteiger partial charge in [-0.15, -0.1) is 0 Å². The first-order valence-electron chi connectivity index (χ1n) is 8.18. The molecule has 20 heavy (non-hydrogen) atoms. The Hall–Kier alpha value is -0.830. The van der Waals surface area contributed by atoms with Crippen LogP contribution < -0.4 is 0 Å². The number of hydrogen-bond acceptors (Lipinski definition) is 3. The zero-order valence-electron chi connectivity index (χ0n) is 12.8. The molecule has 0 bridgehead atoms. The van der Waals surface area contributed by atoms with Crippen molar-refractivity contribution >= 4 is 5.97 Å². The first-order valence-corrected chi connectivity index (χ1v) is 8.18. The number of hydrogen-bond donors (Lipinski definition) is 0. The summed E-state index contributed by atoms with van der Waals surface area (Å²) in [6.45, 7) is 6.28. The number of carbonyl (C=O) groups is 1. The van der Waals surface area contributed by atoms with Gasteiger partial charge in [-0.3, -0.25) is 0 Å². The summed E-state index contributed by atoms with van der Waals surface area (Å²) in [4.78, 5) is 12.2. The molecule has 3 heteroatoms. The van der Waals surface area contributed by atoms with Gasteiger partial charge in [0.15, 0.2) is 0 Å². The molecule has 0 aromatic heterocycles. The van der Waals surface area contributed by atoms with Gasteiger partial charge < -0.3 is 9.47 Å². The van der Waals surface area contributed by atoms with Crippen LogP contribution in [0.2, 0.25) is 0 Å². The van der Waals surface area contributed by atoms with Gasteiger partial charge in [0.25, 0.3) is 0 Å². The van der Waals surface area contributed by atoms with E-state index in [2.05, 4.69) is 13.5 Å². The van der Waals surface area contributed by atoms with Crippen molar-refractivity contribution in [1.29, 1.82) is 0 Å². The number of ether oxygens (including phenoxy) is 2. The topological polar surface area (TPSA) is 35.5 Å². The predicted octanol–water partition coefficient (Wildman–Crippen LogP) is 4.16. The molecule has 2 aliphatic rings. The third-order valence-electron chi connectivity index (χ3n) is 4.80. The van der Waals surface area contributed by atoms with Crippen molar-refractivity contribution in [3.8, 4) is 0 Å². The highest BCUT2D eigenvalue weighted by molar-refractivity contribution is 5.88. The van der Waals surface area contributed by atoms with Crippen LogP contribution in [0.1, 0.15) is 71.1 Å². The summed E-state index contributed by atoms with van der Waals surface area (Å²) in [5.74, 6) is -0.258. The molecular weight excluding hydrogens is 252 g/mol. The van der Waals surface area contributed by atoms with E-state index in [-0.39, 0.29) is 11.6 Å². The smallest absolute Gasteiger partial charge is 0.336 e. The second kappa shape index (κ2) is 7.26. The Kier molecular flexibility index (Phi) is 5.64. The van der Waals surface area contributed by atoms with Gasteiger partial charge in [-0.1, -0.05) is 32.8 Å². The molecule has 3 nitrogen and oxygen atoms in total. The average molecular weight is 280 g/mol. The zero-order chi connectivity index (χ0) is 14.4. The zero-order valence-corrected chi connectivity index (χ0v) is 12.8. The molecule has 0 saturated heterocycles. The van der Waals surface area contributed by atoms with E-state index in [0.29, 0.717) is 18.3 Å². The standard InChI is InChI=1S/C17H28O3/c1-3-17(11-7-4-8-12-17)20-16(18)14(2)13-19-15-9-5-6-10-15/h15H,2-13H2,1H3. The molecule has 0 radical (unpaired) electrons. The maximum Gasteiger partial charge on any atom is 0.336 e. The molecule has 114 valence electrons. The van der Waals surface area contributed by atoms with Gasteiger partial charge in [0.05, 0.1) is 18.3 Å². The highest BCUT2D eigenvalue weighted by Crippen LogP contribution is 2.35. The lowest BCUT2D eigenvalue weighted by molar-refractivity contribution is -0.159. The van der Waals surface area contributed by atoms with Gasteiger partial charge in [0.1, 0.15) is 5.60 Å². The Morgan fingerprint density at radius 1 is 1.15 bits per heavy atom. The second-order valence-corrected chi connectivity index (χ2v) is 6.31. The molecule has 0 N–H and O–H groups in total. The molecule has 0 spiro atoms. The summed E-state index contributed by atoms with van der Waals surface area (Å²) in [6, 6.07) is 0. The SMILES string of the molecule is C=C(COC1CCCC1)C(=O)OC1(CC)CCCCC1. The fraction of sp³-hybridized carbons (Fsp3) is 0.824. The first kappa shape index (κ1) is 15.6. The minimum absolute atomic E-state index is 0.244. The summed E-state index contributed by atoms with van der Waals surface area (Å²) < 4.78 is 11.5. The van der Waals surface area contributed by atoms with Crippen LogP contribution in [0.4, 0.5) is 0 Å². The van der Waals surface area contributed by atoms with Gasteiger partial charge in [-0.25, -0.2) is 4.79 Å². The van der Waals surface area contributed by atoms with Crippen molar-refractivity contribution in [1.82, 2.24) is 0 Å². The van der Waals surface area contributed by atoms with Gasteiger partial charge in [0, 0.05) is 0 Å². The fourth-order valence-corrected chi connectivity index (χ4v) is 3.33. The number of rotatable bonds is 6. The normalized spacial score (nSPS) is 22.6. The third kappa shape index (κ3) is 4.08. The maximum atomic E-state index is 12.2. The van der Waals surface area contributed by atoms with Gasteiger partial charge in [-0.05, 0) is 44.9 Å². The van der Waals surface area contributed by atoms with Crippen LogP contribution in [0.15, 0.2) is 12.2 Å². The quantitative estimate of drug-likeness (QED) is 0.541. The lowest BCUT2D eigenvalue weighted by Crippen LogP contribution is -2.37. The maximum absolute atomic E-state index is 12.2. The Labute approximate surface area is 122 Å². The molecule has 0 unspecified atom stereocenters. The highest BCUT2D eigenvalue weighted by atomic mass is 16.6. The van der Waals surface area contributed by atoms with Crippen LogP contribution in [-0.4, -0.2) is 24.3 Å². The molecule has 0 aliphatic heterocycles. The monoisotopic (exact) mass is 280 g/mol. The van der Waals surface area contributed by atoms with Crippen molar-refractivity contribution in [3.05, 3.63) is 12.2 Å². The third-order valence-corrected chi connectivity index (χ3v) is 4.80. The molecule has 2 aliphatic carbocycles. The van der Waals surface area contributed by atoms with E-state index in [4.69, 9.17) is 9.47 Å². The number of esters is 1. The summed E-state index contributed by atoms with van der Waals surface area (Å²) in [6.07, 6.45) is 11.5. The van der Waals surface area contributed by atoms with E-state index < -0.39 is 0 Å². The van der Waals surface area contributed by atoms with Crippen LogP contribution in [0, 0.1) is 0 Å². The van der Waals surface area contributed by atoms with Gasteiger partial charge in [0.2, 0.25) is 0 Å². The van der Waals surface area contributed by atoms with Crippen LogP contribution in [0.3, 0.4) is 0 Å². The van der Waals surface area contributed by atoms with E-state index in [1.54, 1.807) is 0 Å². The van der Waals surface area contributed by atoms with Crippen LogP contribution >= 0.6 is 0 Å². The van der Waals surface area contributed by atoms with Crippen LogP contribution in [0.25, 0.3) is 0 Å². The second-order valence-electron chi connectivity index (χ2n) is 6.31. The van der Waals surface area contributed by atoms with Crippen molar-refractivity contribution in [2.45, 2.75) is 82.8 Å². The molecule has 0 amide bonds. The van der Waals surface area contributed by atoms with Crippen molar-refractivity contribution in [2.75, 3.05) is 6.61 Å². The van der Waals surface area contributed by atoms with Crippen LogP contribution in [0.5, 0.6) is 0 Å². The average Bonchev–Trinajstić information content (AvgIpc) is 2.99. The Bertz CT molecular complexity index is 336. The van der Waals surface area contributed by atoms with Gasteiger partial charge >= 0.3 is 5.97 Å². The molecule has 2 rings (SSSR count). The molecule has 0 atom stereocenters. The van der Waals surface area contributed by atoms with Crippen LogP contribution in [-0.2, 0) is 14.3 Å². The predicted molar refractivity (Wildman–Crippen MR) is 79.5 cm³/mol. The molecule has 2 fully saturated rings. The fourth-order valence-electron chi connectivity index (χ4n) is 3.33. The minimum atomic E-state index is -0.258. The summed E-state index contributed by atoms with van der Waals surface area (Å²) in [5.41, 5.74) is 0.223. The minimum Gasteiger partial charge on any atom is -0.456 e. The molecular formula is C17H28O3. The van der Waals surface area contributed by atoms with E-state index >= 15 is 0 Å². The molecule has 2 saturated carbocycles. The largest absolute Gasteiger partial charge is 0.456 e. The van der Waals surface area contributed by atoms with E-state index in [0.717, 1.165) is 44.9 Å². The van der Waals surface area contributed by atoms with Gasteiger partial charge in [-0.2, -0.15) is 0 Å². The first-order chi connectivity index (χ1) is 9.65. The summed E-state index contributed by atoms with van der Waals surface area (Å²) in [7, 11) is 0. The Morgan fingerprint density at radius 2 is 1.80 bits per heavy atom. The number of carbonyl (C=O) groups excluding carboxylic acids is 1. The summed E-state index contributed by atoms with van der Waals surface area (Å²) >= 11 is 0. The summed E-state index contributed by atoms with van der Waals surface area (Å²) in [5, 5.41) is 0. The lowest BCUT2D eigenvalue weighted by Gasteiger charge is -2.36. The van der Waals surface area contributed by atoms with E-state index in [1.165, 1.54) is 19.3 Å². The lowest BCUT2D eigenvalue weighted by atomic mass is 9.82. The van der Waals surface area contributed by atoms with E-state index in [1.807, 2.05) is 0 Å². The molecule has 0 aromatic rings. The van der Waals surface area contributed by atoms with Crippen molar-refractivity contribution in [2.24, 2.45) is 0 Å².